The molecule has 5 aromatic rings. The Kier molecular flexibility index (Phi) is 5.18. The molecule has 0 aliphatic carbocycles. The van der Waals surface area contributed by atoms with Crippen LogP contribution in [0, 0.1) is 13.8 Å². The summed E-state index contributed by atoms with van der Waals surface area (Å²) in [5.41, 5.74) is 4.11. The number of nitrogens with one attached hydrogen (secondary N) is 2. The van der Waals surface area contributed by atoms with Gasteiger partial charge in [0.15, 0.2) is 5.82 Å². The molecule has 0 atom stereocenters. The number of benzene rings is 2. The van der Waals surface area contributed by atoms with E-state index in [1.54, 1.807) is 16.8 Å². The topological polar surface area (TPSA) is 106 Å². The lowest BCUT2D eigenvalue weighted by Crippen LogP contribution is -2.20. The first-order valence-corrected chi connectivity index (χ1v) is 10.7. The summed E-state index contributed by atoms with van der Waals surface area (Å²) in [5, 5.41) is 8.50. The van der Waals surface area contributed by atoms with Gasteiger partial charge in [-0.25, -0.2) is 9.97 Å². The van der Waals surface area contributed by atoms with Gasteiger partial charge in [0.1, 0.15) is 11.5 Å². The van der Waals surface area contributed by atoms with Crippen molar-refractivity contribution < 1.29 is 4.79 Å². The molecule has 8 nitrogen and oxygen atoms in total. The van der Waals surface area contributed by atoms with Gasteiger partial charge in [-0.3, -0.25) is 9.59 Å². The number of carbonyl (C=O) groups is 1. The summed E-state index contributed by atoms with van der Waals surface area (Å²) in [7, 11) is 0. The second-order valence-corrected chi connectivity index (χ2v) is 7.98. The number of pyridine rings is 1. The van der Waals surface area contributed by atoms with Gasteiger partial charge in [-0.05, 0) is 43.7 Å². The zero-order valence-corrected chi connectivity index (χ0v) is 18.3. The van der Waals surface area contributed by atoms with Crippen LogP contribution in [0.2, 0.25) is 0 Å². The molecule has 33 heavy (non-hydrogen) atoms. The highest BCUT2D eigenvalue weighted by molar-refractivity contribution is 5.90. The quantitative estimate of drug-likeness (QED) is 0.434. The molecule has 0 saturated carbocycles. The number of anilines is 1. The molecule has 2 N–H and O–H groups in total. The van der Waals surface area contributed by atoms with Crippen molar-refractivity contribution in [3.05, 3.63) is 88.0 Å². The lowest BCUT2D eigenvalue weighted by Gasteiger charge is -2.10. The van der Waals surface area contributed by atoms with E-state index in [0.717, 1.165) is 22.2 Å². The van der Waals surface area contributed by atoms with Crippen molar-refractivity contribution in [1.82, 2.24) is 24.7 Å². The number of aromatic nitrogens is 5. The third-order valence-electron chi connectivity index (χ3n) is 5.48. The number of carbonyl (C=O) groups excluding carboxylic acids is 1. The number of para-hydroxylation sites is 3. The third kappa shape index (κ3) is 4.10. The highest BCUT2D eigenvalue weighted by atomic mass is 16.1. The summed E-state index contributed by atoms with van der Waals surface area (Å²) < 4.78 is 1.63. The number of amides is 1. The molecular formula is C25H22N6O2. The fourth-order valence-corrected chi connectivity index (χ4v) is 3.88. The predicted octanol–water partition coefficient (Wildman–Crippen LogP) is 3.85. The van der Waals surface area contributed by atoms with E-state index < -0.39 is 0 Å². The number of rotatable bonds is 5. The molecule has 164 valence electrons. The number of hydrogen-bond acceptors (Lipinski definition) is 5. The summed E-state index contributed by atoms with van der Waals surface area (Å²) in [6, 6.07) is 19.0. The van der Waals surface area contributed by atoms with Crippen LogP contribution in [0.15, 0.2) is 65.5 Å². The molecule has 0 radical (unpaired) electrons. The van der Waals surface area contributed by atoms with E-state index >= 15 is 0 Å². The first-order chi connectivity index (χ1) is 16.0. The first-order valence-electron chi connectivity index (χ1n) is 10.7. The van der Waals surface area contributed by atoms with E-state index in [-0.39, 0.29) is 24.3 Å². The van der Waals surface area contributed by atoms with E-state index in [4.69, 9.17) is 4.98 Å². The Bertz CT molecular complexity index is 1570. The molecule has 3 heterocycles. The number of hydrogen-bond donors (Lipinski definition) is 2. The van der Waals surface area contributed by atoms with Crippen LogP contribution in [0.4, 0.5) is 5.82 Å². The monoisotopic (exact) mass is 438 g/mol. The van der Waals surface area contributed by atoms with Crippen molar-refractivity contribution in [2.75, 3.05) is 5.32 Å². The van der Waals surface area contributed by atoms with Gasteiger partial charge < -0.3 is 10.3 Å². The van der Waals surface area contributed by atoms with Crippen molar-refractivity contribution >= 4 is 33.7 Å². The average Bonchev–Trinajstić information content (AvgIpc) is 3.17. The normalized spacial score (nSPS) is 11.2. The van der Waals surface area contributed by atoms with Crippen molar-refractivity contribution in [1.29, 1.82) is 0 Å². The van der Waals surface area contributed by atoms with Gasteiger partial charge in [0.25, 0.3) is 5.56 Å². The van der Waals surface area contributed by atoms with E-state index in [9.17, 15) is 9.59 Å². The number of nitrogens with zero attached hydrogens (tertiary/aromatic N) is 4. The van der Waals surface area contributed by atoms with Crippen LogP contribution >= 0.6 is 0 Å². The van der Waals surface area contributed by atoms with Crippen LogP contribution < -0.4 is 10.9 Å². The maximum atomic E-state index is 12.7. The third-order valence-corrected chi connectivity index (χ3v) is 5.48. The van der Waals surface area contributed by atoms with E-state index in [1.165, 1.54) is 0 Å². The minimum Gasteiger partial charge on any atom is -0.319 e. The summed E-state index contributed by atoms with van der Waals surface area (Å²) in [6.07, 6.45) is 0.343. The van der Waals surface area contributed by atoms with Gasteiger partial charge >= 0.3 is 0 Å². The van der Waals surface area contributed by atoms with E-state index in [2.05, 4.69) is 20.4 Å². The maximum Gasteiger partial charge on any atom is 0.270 e. The number of H-pyrrole nitrogens is 1. The summed E-state index contributed by atoms with van der Waals surface area (Å²) in [5.74, 6) is 0.922. The van der Waals surface area contributed by atoms with E-state index in [0.29, 0.717) is 28.4 Å². The summed E-state index contributed by atoms with van der Waals surface area (Å²) >= 11 is 0. The van der Waals surface area contributed by atoms with E-state index in [1.807, 2.05) is 62.4 Å². The fraction of sp³-hybridized carbons (Fsp3) is 0.160. The van der Waals surface area contributed by atoms with Crippen molar-refractivity contribution in [2.45, 2.75) is 26.7 Å². The molecule has 0 saturated heterocycles. The standard InChI is InChI=1S/C25H22N6O2/c1-15-13-22(27-18-8-4-3-7-17(15)18)31-23(14-16(2)30-31)29-24(32)12-11-21-25(33)28-20-10-6-5-9-19(20)26-21/h3-10,13-14H,11-12H2,1-2H3,(H,28,33)(H,29,32). The van der Waals surface area contributed by atoms with Gasteiger partial charge in [0.05, 0.1) is 22.2 Å². The van der Waals surface area contributed by atoms with Crippen LogP contribution in [0.5, 0.6) is 0 Å². The Morgan fingerprint density at radius 1 is 1.00 bits per heavy atom. The minimum absolute atomic E-state index is 0.114. The summed E-state index contributed by atoms with van der Waals surface area (Å²) in [6.45, 7) is 3.88. The molecule has 0 fully saturated rings. The van der Waals surface area contributed by atoms with Gasteiger partial charge in [0, 0.05) is 24.3 Å². The Balaban J connectivity index is 1.37. The second-order valence-electron chi connectivity index (χ2n) is 7.98. The lowest BCUT2D eigenvalue weighted by atomic mass is 10.1. The zero-order valence-electron chi connectivity index (χ0n) is 18.3. The molecule has 0 spiro atoms. The zero-order chi connectivity index (χ0) is 22.9. The molecule has 0 aliphatic rings. The fourth-order valence-electron chi connectivity index (χ4n) is 3.88. The number of fused-ring (bicyclic) bond motifs is 2. The van der Waals surface area contributed by atoms with Crippen molar-refractivity contribution in [3.63, 3.8) is 0 Å². The van der Waals surface area contributed by atoms with Crippen molar-refractivity contribution in [3.8, 4) is 5.82 Å². The van der Waals surface area contributed by atoms with Crippen LogP contribution in [-0.4, -0.2) is 30.6 Å². The molecule has 0 bridgehead atoms. The Hall–Kier alpha value is -4.33. The number of aromatic amines is 1. The smallest absolute Gasteiger partial charge is 0.270 e. The van der Waals surface area contributed by atoms with Crippen LogP contribution in [0.25, 0.3) is 27.8 Å². The highest BCUT2D eigenvalue weighted by Gasteiger charge is 2.14. The Morgan fingerprint density at radius 3 is 2.61 bits per heavy atom. The summed E-state index contributed by atoms with van der Waals surface area (Å²) in [4.78, 5) is 37.0. The van der Waals surface area contributed by atoms with Crippen molar-refractivity contribution in [2.24, 2.45) is 0 Å². The Labute approximate surface area is 189 Å². The molecule has 2 aromatic carbocycles. The van der Waals surface area contributed by atoms with Gasteiger partial charge in [-0.1, -0.05) is 30.3 Å². The minimum atomic E-state index is -0.279. The van der Waals surface area contributed by atoms with Crippen LogP contribution in [-0.2, 0) is 11.2 Å². The average molecular weight is 438 g/mol. The van der Waals surface area contributed by atoms with Gasteiger partial charge in [-0.2, -0.15) is 9.78 Å². The largest absolute Gasteiger partial charge is 0.319 e. The van der Waals surface area contributed by atoms with Crippen LogP contribution in [0.1, 0.15) is 23.4 Å². The van der Waals surface area contributed by atoms with Crippen LogP contribution in [0.3, 0.4) is 0 Å². The van der Waals surface area contributed by atoms with Gasteiger partial charge in [-0.15, -0.1) is 0 Å². The Morgan fingerprint density at radius 2 is 1.76 bits per heavy atom. The highest BCUT2D eigenvalue weighted by Crippen LogP contribution is 2.22. The molecular weight excluding hydrogens is 416 g/mol. The molecule has 0 aliphatic heterocycles. The second kappa shape index (κ2) is 8.31. The molecule has 8 heteroatoms. The maximum absolute atomic E-state index is 12.7. The van der Waals surface area contributed by atoms with Gasteiger partial charge in [0.2, 0.25) is 5.91 Å². The molecule has 3 aromatic heterocycles. The first kappa shape index (κ1) is 20.6. The molecule has 0 unspecified atom stereocenters. The molecule has 1 amide bonds. The lowest BCUT2D eigenvalue weighted by molar-refractivity contribution is -0.116. The predicted molar refractivity (Wildman–Crippen MR) is 128 cm³/mol. The SMILES string of the molecule is Cc1cc(NC(=O)CCc2nc3ccccc3[nH]c2=O)n(-c2cc(C)c3ccccc3n2)n1. The number of aryl methyl sites for hydroxylation is 3. The molecule has 5 rings (SSSR count).